The van der Waals surface area contributed by atoms with E-state index in [4.69, 9.17) is 4.74 Å². The minimum Gasteiger partial charge on any atom is -0.381 e. The Kier molecular flexibility index (Phi) is 3.49. The van der Waals surface area contributed by atoms with E-state index in [1.54, 1.807) is 0 Å². The molecule has 0 atom stereocenters. The van der Waals surface area contributed by atoms with Crippen LogP contribution < -0.4 is 0 Å². The van der Waals surface area contributed by atoms with Gasteiger partial charge in [-0.2, -0.15) is 0 Å². The number of ether oxygens (including phenoxy) is 1. The average Bonchev–Trinajstić information content (AvgIpc) is 2.30. The maximum atomic E-state index is 5.45. The third-order valence-corrected chi connectivity index (χ3v) is 4.96. The molecule has 2 aliphatic heterocycles. The minimum absolute atomic E-state index is 0.949. The van der Waals surface area contributed by atoms with Crippen LogP contribution in [0.3, 0.4) is 0 Å². The second kappa shape index (κ2) is 5.05. The van der Waals surface area contributed by atoms with E-state index in [1.165, 1.54) is 58.0 Å². The van der Waals surface area contributed by atoms with E-state index in [2.05, 4.69) is 4.90 Å². The Labute approximate surface area is 99.3 Å². The summed E-state index contributed by atoms with van der Waals surface area (Å²) >= 11 is 0. The van der Waals surface area contributed by atoms with Gasteiger partial charge in [0.1, 0.15) is 0 Å². The third-order valence-electron chi connectivity index (χ3n) is 4.96. The number of hydrogen-bond acceptors (Lipinski definition) is 2. The number of nitrogens with zero attached hydrogens (tertiary/aromatic N) is 1. The highest BCUT2D eigenvalue weighted by Gasteiger charge is 2.37. The maximum absolute atomic E-state index is 5.45. The van der Waals surface area contributed by atoms with Crippen molar-refractivity contribution in [2.75, 3.05) is 26.3 Å². The van der Waals surface area contributed by atoms with Crippen LogP contribution in [0.25, 0.3) is 0 Å². The predicted octanol–water partition coefficient (Wildman–Crippen LogP) is 2.68. The minimum atomic E-state index is 0.949. The Hall–Kier alpha value is -0.0800. The molecule has 3 rings (SSSR count). The molecule has 0 radical (unpaired) electrons. The molecule has 0 bridgehead atoms. The summed E-state index contributed by atoms with van der Waals surface area (Å²) in [4.78, 5) is 2.76. The summed E-state index contributed by atoms with van der Waals surface area (Å²) in [5, 5.41) is 0. The molecule has 0 N–H and O–H groups in total. The van der Waals surface area contributed by atoms with Crippen LogP contribution in [0.5, 0.6) is 0 Å². The molecule has 0 unspecified atom stereocenters. The first kappa shape index (κ1) is 11.0. The molecule has 0 amide bonds. The molecule has 1 saturated carbocycles. The normalized spacial score (nSPS) is 31.5. The van der Waals surface area contributed by atoms with Gasteiger partial charge in [0.15, 0.2) is 0 Å². The van der Waals surface area contributed by atoms with E-state index in [9.17, 15) is 0 Å². The van der Waals surface area contributed by atoms with Gasteiger partial charge < -0.3 is 4.74 Å². The van der Waals surface area contributed by atoms with Gasteiger partial charge in [-0.3, -0.25) is 4.90 Å². The van der Waals surface area contributed by atoms with Gasteiger partial charge in [-0.1, -0.05) is 19.3 Å². The van der Waals surface area contributed by atoms with Crippen LogP contribution in [0.2, 0.25) is 0 Å². The first-order valence-corrected chi connectivity index (χ1v) is 7.25. The first-order chi connectivity index (χ1) is 7.93. The second-order valence-corrected chi connectivity index (χ2v) is 5.96. The Morgan fingerprint density at radius 1 is 0.750 bits per heavy atom. The molecule has 0 aromatic heterocycles. The summed E-state index contributed by atoms with van der Waals surface area (Å²) < 4.78 is 5.45. The van der Waals surface area contributed by atoms with Crippen LogP contribution in [-0.2, 0) is 4.74 Å². The third kappa shape index (κ3) is 2.28. The summed E-state index contributed by atoms with van der Waals surface area (Å²) in [6.45, 7) is 4.83. The summed E-state index contributed by atoms with van der Waals surface area (Å²) in [6.07, 6.45) is 10.0. The van der Waals surface area contributed by atoms with E-state index in [0.29, 0.717) is 0 Å². The highest BCUT2D eigenvalue weighted by atomic mass is 16.5. The molecule has 3 fully saturated rings. The lowest BCUT2D eigenvalue weighted by molar-refractivity contribution is -0.0316. The molecule has 92 valence electrons. The topological polar surface area (TPSA) is 12.5 Å². The summed E-state index contributed by atoms with van der Waals surface area (Å²) in [5.41, 5.74) is 0. The lowest BCUT2D eigenvalue weighted by atomic mass is 9.79. The zero-order chi connectivity index (χ0) is 10.8. The zero-order valence-electron chi connectivity index (χ0n) is 10.4. The van der Waals surface area contributed by atoms with Crippen molar-refractivity contribution in [3.63, 3.8) is 0 Å². The van der Waals surface area contributed by atoms with Crippen molar-refractivity contribution in [3.8, 4) is 0 Å². The molecule has 0 spiro atoms. The molecule has 3 aliphatic rings. The predicted molar refractivity (Wildman–Crippen MR) is 65.5 cm³/mol. The van der Waals surface area contributed by atoms with Gasteiger partial charge in [-0.25, -0.2) is 0 Å². The van der Waals surface area contributed by atoms with Crippen LogP contribution in [-0.4, -0.2) is 37.2 Å². The molecule has 2 heterocycles. The van der Waals surface area contributed by atoms with Crippen molar-refractivity contribution in [1.29, 1.82) is 0 Å². The number of hydrogen-bond donors (Lipinski definition) is 0. The Bertz CT molecular complexity index is 191. The summed E-state index contributed by atoms with van der Waals surface area (Å²) in [5.74, 6) is 1.99. The summed E-state index contributed by atoms with van der Waals surface area (Å²) in [6, 6.07) is 0.949. The van der Waals surface area contributed by atoms with Crippen molar-refractivity contribution in [3.05, 3.63) is 0 Å². The fourth-order valence-electron chi connectivity index (χ4n) is 3.78. The van der Waals surface area contributed by atoms with Crippen LogP contribution >= 0.6 is 0 Å². The fourth-order valence-corrected chi connectivity index (χ4v) is 3.78. The van der Waals surface area contributed by atoms with Gasteiger partial charge in [0.05, 0.1) is 0 Å². The van der Waals surface area contributed by atoms with Crippen molar-refractivity contribution in [1.82, 2.24) is 4.90 Å². The number of rotatable bonds is 2. The largest absolute Gasteiger partial charge is 0.381 e. The van der Waals surface area contributed by atoms with Crippen LogP contribution in [0.15, 0.2) is 0 Å². The molecule has 1 aliphatic carbocycles. The molecule has 0 aromatic carbocycles. The molecule has 2 nitrogen and oxygen atoms in total. The lowest BCUT2D eigenvalue weighted by Gasteiger charge is -2.49. The second-order valence-electron chi connectivity index (χ2n) is 5.96. The Morgan fingerprint density at radius 2 is 1.44 bits per heavy atom. The zero-order valence-corrected chi connectivity index (χ0v) is 10.4. The van der Waals surface area contributed by atoms with Gasteiger partial charge in [0, 0.05) is 32.3 Å². The monoisotopic (exact) mass is 223 g/mol. The number of likely N-dealkylation sites (tertiary alicyclic amines) is 1. The van der Waals surface area contributed by atoms with Gasteiger partial charge in [0.25, 0.3) is 0 Å². The van der Waals surface area contributed by atoms with E-state index in [0.717, 1.165) is 31.1 Å². The van der Waals surface area contributed by atoms with Gasteiger partial charge in [-0.05, 0) is 37.5 Å². The van der Waals surface area contributed by atoms with Crippen molar-refractivity contribution < 1.29 is 4.74 Å². The van der Waals surface area contributed by atoms with Gasteiger partial charge >= 0.3 is 0 Å². The van der Waals surface area contributed by atoms with Gasteiger partial charge in [0.2, 0.25) is 0 Å². The smallest absolute Gasteiger partial charge is 0.0468 e. The molecule has 0 aromatic rings. The van der Waals surface area contributed by atoms with E-state index in [1.807, 2.05) is 0 Å². The quantitative estimate of drug-likeness (QED) is 0.713. The molecular weight excluding hydrogens is 198 g/mol. The van der Waals surface area contributed by atoms with Crippen LogP contribution in [0, 0.1) is 11.8 Å². The highest BCUT2D eigenvalue weighted by Crippen LogP contribution is 2.35. The average molecular weight is 223 g/mol. The Balaban J connectivity index is 1.43. The van der Waals surface area contributed by atoms with Crippen molar-refractivity contribution >= 4 is 0 Å². The van der Waals surface area contributed by atoms with Crippen molar-refractivity contribution in [2.45, 2.75) is 51.0 Å². The van der Waals surface area contributed by atoms with Crippen LogP contribution in [0.4, 0.5) is 0 Å². The molecule has 2 saturated heterocycles. The molecule has 2 heteroatoms. The van der Waals surface area contributed by atoms with Gasteiger partial charge in [-0.15, -0.1) is 0 Å². The molecular formula is C14H25NO. The van der Waals surface area contributed by atoms with E-state index in [-0.39, 0.29) is 0 Å². The standard InChI is InChI=1S/C14H25NO/c1-2-4-14(5-3-1)15-10-13(11-15)12-6-8-16-9-7-12/h12-14H,1-11H2. The molecule has 16 heavy (non-hydrogen) atoms. The highest BCUT2D eigenvalue weighted by molar-refractivity contribution is 4.90. The first-order valence-electron chi connectivity index (χ1n) is 7.25. The Morgan fingerprint density at radius 3 is 2.12 bits per heavy atom. The van der Waals surface area contributed by atoms with Crippen molar-refractivity contribution in [2.24, 2.45) is 11.8 Å². The SMILES string of the molecule is C1CCC(N2CC(C3CCOCC3)C2)CC1. The maximum Gasteiger partial charge on any atom is 0.0468 e. The van der Waals surface area contributed by atoms with E-state index >= 15 is 0 Å². The lowest BCUT2D eigenvalue weighted by Crippen LogP contribution is -2.55. The van der Waals surface area contributed by atoms with Crippen LogP contribution in [0.1, 0.15) is 44.9 Å². The fraction of sp³-hybridized carbons (Fsp3) is 1.00. The summed E-state index contributed by atoms with van der Waals surface area (Å²) in [7, 11) is 0. The van der Waals surface area contributed by atoms with E-state index < -0.39 is 0 Å².